The average molecular weight is 337 g/mol. The van der Waals surface area contributed by atoms with E-state index in [9.17, 15) is 19.5 Å². The van der Waals surface area contributed by atoms with Crippen molar-refractivity contribution in [3.05, 3.63) is 29.8 Å². The van der Waals surface area contributed by atoms with Gasteiger partial charge in [0.2, 0.25) is 0 Å². The first-order valence-electron chi connectivity index (χ1n) is 7.50. The number of urea groups is 1. The number of carbonyl (C=O) groups is 3. The fourth-order valence-corrected chi connectivity index (χ4v) is 1.61. The summed E-state index contributed by atoms with van der Waals surface area (Å²) in [6, 6.07) is 5.59. The molecule has 24 heavy (non-hydrogen) atoms. The molecule has 1 rings (SSSR count). The highest BCUT2D eigenvalue weighted by molar-refractivity contribution is 5.95. The van der Waals surface area contributed by atoms with Crippen molar-refractivity contribution in [3.8, 4) is 0 Å². The van der Waals surface area contributed by atoms with Crippen LogP contribution in [-0.4, -0.2) is 46.8 Å². The number of rotatable bonds is 7. The van der Waals surface area contributed by atoms with E-state index in [1.54, 1.807) is 24.3 Å². The highest BCUT2D eigenvalue weighted by Crippen LogP contribution is 2.10. The zero-order chi connectivity index (χ0) is 18.3. The maximum atomic E-state index is 11.9. The zero-order valence-electron chi connectivity index (χ0n) is 13.9. The van der Waals surface area contributed by atoms with E-state index in [2.05, 4.69) is 16.0 Å². The molecule has 0 aliphatic carbocycles. The van der Waals surface area contributed by atoms with Crippen molar-refractivity contribution in [1.29, 1.82) is 0 Å². The van der Waals surface area contributed by atoms with Crippen LogP contribution in [0.3, 0.4) is 0 Å². The van der Waals surface area contributed by atoms with Crippen molar-refractivity contribution in [2.45, 2.75) is 26.4 Å². The summed E-state index contributed by atoms with van der Waals surface area (Å²) in [5.74, 6) is -1.28. The minimum atomic E-state index is -2.05. The average Bonchev–Trinajstić information content (AvgIpc) is 2.51. The Kier molecular flexibility index (Phi) is 6.72. The lowest BCUT2D eigenvalue weighted by atomic mass is 10.1. The molecule has 0 aliphatic rings. The van der Waals surface area contributed by atoms with E-state index >= 15 is 0 Å². The summed E-state index contributed by atoms with van der Waals surface area (Å²) in [5, 5.41) is 25.8. The van der Waals surface area contributed by atoms with E-state index < -0.39 is 24.1 Å². The summed E-state index contributed by atoms with van der Waals surface area (Å²) in [6.07, 6.45) is 0. The SMILES string of the molecule is CC(C)CNC(=O)c1ccc(NC(=O)NCC(C)(O)C(=O)O)cc1. The van der Waals surface area contributed by atoms with Crippen LogP contribution in [0.4, 0.5) is 10.5 Å². The number of carboxylic acid groups (broad SMARTS) is 1. The Bertz CT molecular complexity index is 596. The summed E-state index contributed by atoms with van der Waals surface area (Å²) in [5.41, 5.74) is -1.14. The lowest BCUT2D eigenvalue weighted by molar-refractivity contribution is -0.155. The maximum absolute atomic E-state index is 11.9. The van der Waals surface area contributed by atoms with Gasteiger partial charge in [0.1, 0.15) is 0 Å². The predicted molar refractivity (Wildman–Crippen MR) is 88.9 cm³/mol. The van der Waals surface area contributed by atoms with E-state index in [4.69, 9.17) is 5.11 Å². The molecule has 0 saturated carbocycles. The van der Waals surface area contributed by atoms with Crippen molar-refractivity contribution < 1.29 is 24.6 Å². The normalized spacial score (nSPS) is 13.0. The van der Waals surface area contributed by atoms with Gasteiger partial charge in [-0.15, -0.1) is 0 Å². The van der Waals surface area contributed by atoms with E-state index in [1.807, 2.05) is 13.8 Å². The van der Waals surface area contributed by atoms with Crippen LogP contribution in [-0.2, 0) is 4.79 Å². The van der Waals surface area contributed by atoms with Crippen molar-refractivity contribution >= 4 is 23.6 Å². The zero-order valence-corrected chi connectivity index (χ0v) is 13.9. The summed E-state index contributed by atoms with van der Waals surface area (Å²) >= 11 is 0. The largest absolute Gasteiger partial charge is 0.479 e. The molecule has 132 valence electrons. The fourth-order valence-electron chi connectivity index (χ4n) is 1.61. The molecule has 1 unspecified atom stereocenters. The third-order valence-corrected chi connectivity index (χ3v) is 3.13. The predicted octanol–water partition coefficient (Wildman–Crippen LogP) is 1.03. The van der Waals surface area contributed by atoms with Gasteiger partial charge < -0.3 is 26.2 Å². The van der Waals surface area contributed by atoms with E-state index in [-0.39, 0.29) is 5.91 Å². The van der Waals surface area contributed by atoms with Gasteiger partial charge in [0.15, 0.2) is 5.60 Å². The standard InChI is InChI=1S/C16H23N3O5/c1-10(2)8-17-13(20)11-4-6-12(7-5-11)19-15(23)18-9-16(3,24)14(21)22/h4-7,10,24H,8-9H2,1-3H3,(H,17,20)(H,21,22)(H2,18,19,23). The van der Waals surface area contributed by atoms with Crippen LogP contribution >= 0.6 is 0 Å². The Balaban J connectivity index is 2.53. The second-order valence-corrected chi connectivity index (χ2v) is 6.07. The number of aliphatic carboxylic acids is 1. The van der Waals surface area contributed by atoms with E-state index in [0.717, 1.165) is 6.92 Å². The summed E-state index contributed by atoms with van der Waals surface area (Å²) in [4.78, 5) is 34.3. The van der Waals surface area contributed by atoms with Gasteiger partial charge in [0.05, 0.1) is 6.54 Å². The first-order valence-corrected chi connectivity index (χ1v) is 7.50. The molecule has 0 fully saturated rings. The van der Waals surface area contributed by atoms with Gasteiger partial charge >= 0.3 is 12.0 Å². The Labute approximate surface area is 140 Å². The van der Waals surface area contributed by atoms with Gasteiger partial charge in [0, 0.05) is 17.8 Å². The third-order valence-electron chi connectivity index (χ3n) is 3.13. The Morgan fingerprint density at radius 1 is 1.12 bits per heavy atom. The number of nitrogens with one attached hydrogen (secondary N) is 3. The molecule has 5 N–H and O–H groups in total. The lowest BCUT2D eigenvalue weighted by Gasteiger charge is -2.18. The molecule has 0 saturated heterocycles. The van der Waals surface area contributed by atoms with Crippen LogP contribution in [0.25, 0.3) is 0 Å². The highest BCUT2D eigenvalue weighted by atomic mass is 16.4. The molecular weight excluding hydrogens is 314 g/mol. The molecule has 8 heteroatoms. The first kappa shape index (κ1) is 19.4. The number of hydrogen-bond acceptors (Lipinski definition) is 4. The van der Waals surface area contributed by atoms with Gasteiger partial charge in [0.25, 0.3) is 5.91 Å². The molecule has 1 aromatic carbocycles. The number of aliphatic hydroxyl groups is 1. The quantitative estimate of drug-likeness (QED) is 0.508. The summed E-state index contributed by atoms with van der Waals surface area (Å²) in [7, 11) is 0. The highest BCUT2D eigenvalue weighted by Gasteiger charge is 2.30. The second kappa shape index (κ2) is 8.30. The Hall–Kier alpha value is -2.61. The minimum Gasteiger partial charge on any atom is -0.479 e. The molecule has 8 nitrogen and oxygen atoms in total. The van der Waals surface area contributed by atoms with Gasteiger partial charge in [-0.1, -0.05) is 13.8 Å². The molecule has 0 bridgehead atoms. The summed E-state index contributed by atoms with van der Waals surface area (Å²) in [6.45, 7) is 5.20. The molecule has 1 atom stereocenters. The minimum absolute atomic E-state index is 0.197. The number of carboxylic acids is 1. The third kappa shape index (κ3) is 6.25. The van der Waals surface area contributed by atoms with Gasteiger partial charge in [-0.2, -0.15) is 0 Å². The van der Waals surface area contributed by atoms with Crippen molar-refractivity contribution in [2.75, 3.05) is 18.4 Å². The van der Waals surface area contributed by atoms with Crippen LogP contribution in [0.2, 0.25) is 0 Å². The molecule has 0 radical (unpaired) electrons. The molecule has 0 aromatic heterocycles. The molecule has 0 aliphatic heterocycles. The van der Waals surface area contributed by atoms with Crippen LogP contribution in [0, 0.1) is 5.92 Å². The number of hydrogen-bond donors (Lipinski definition) is 5. The topological polar surface area (TPSA) is 128 Å². The molecule has 1 aromatic rings. The Morgan fingerprint density at radius 2 is 1.71 bits per heavy atom. The Morgan fingerprint density at radius 3 is 2.21 bits per heavy atom. The first-order chi connectivity index (χ1) is 11.1. The lowest BCUT2D eigenvalue weighted by Crippen LogP contribution is -2.47. The fraction of sp³-hybridized carbons (Fsp3) is 0.438. The number of amides is 3. The smallest absolute Gasteiger partial charge is 0.337 e. The van der Waals surface area contributed by atoms with E-state index in [0.29, 0.717) is 23.7 Å². The van der Waals surface area contributed by atoms with E-state index in [1.165, 1.54) is 0 Å². The number of benzene rings is 1. The monoisotopic (exact) mass is 337 g/mol. The van der Waals surface area contributed by atoms with Crippen LogP contribution in [0.5, 0.6) is 0 Å². The molecule has 0 spiro atoms. The van der Waals surface area contributed by atoms with Crippen LogP contribution in [0.1, 0.15) is 31.1 Å². The number of anilines is 1. The van der Waals surface area contributed by atoms with Crippen LogP contribution < -0.4 is 16.0 Å². The van der Waals surface area contributed by atoms with Gasteiger partial charge in [-0.25, -0.2) is 9.59 Å². The molecule has 0 heterocycles. The van der Waals surface area contributed by atoms with Crippen molar-refractivity contribution in [3.63, 3.8) is 0 Å². The summed E-state index contributed by atoms with van der Waals surface area (Å²) < 4.78 is 0. The van der Waals surface area contributed by atoms with Gasteiger partial charge in [-0.05, 0) is 37.1 Å². The number of carbonyl (C=O) groups excluding carboxylic acids is 2. The second-order valence-electron chi connectivity index (χ2n) is 6.07. The van der Waals surface area contributed by atoms with Crippen molar-refractivity contribution in [2.24, 2.45) is 5.92 Å². The van der Waals surface area contributed by atoms with Crippen molar-refractivity contribution in [1.82, 2.24) is 10.6 Å². The maximum Gasteiger partial charge on any atom is 0.337 e. The van der Waals surface area contributed by atoms with Crippen LogP contribution in [0.15, 0.2) is 24.3 Å². The molecular formula is C16H23N3O5. The molecule has 3 amide bonds. The van der Waals surface area contributed by atoms with Gasteiger partial charge in [-0.3, -0.25) is 4.79 Å².